The molecule has 1 saturated heterocycles. The molecule has 0 bridgehead atoms. The number of ether oxygens (including phenoxy) is 1. The average molecular weight is 304 g/mol. The number of amides is 1. The van der Waals surface area contributed by atoms with Gasteiger partial charge in [-0.1, -0.05) is 30.3 Å². The molecule has 0 radical (unpaired) electrons. The molecule has 1 atom stereocenters. The fourth-order valence-electron chi connectivity index (χ4n) is 2.50. The fraction of sp³-hybridized carbons (Fsp3) is 0.529. The minimum absolute atomic E-state index is 0.184. The van der Waals surface area contributed by atoms with Crippen LogP contribution < -0.4 is 0 Å². The summed E-state index contributed by atoms with van der Waals surface area (Å²) in [5.41, 5.74) is 0.432. The van der Waals surface area contributed by atoms with E-state index < -0.39 is 5.60 Å². The molecule has 0 aromatic heterocycles. The smallest absolute Gasteiger partial charge is 0.410 e. The quantitative estimate of drug-likeness (QED) is 0.373. The predicted octanol–water partition coefficient (Wildman–Crippen LogP) is 3.17. The van der Waals surface area contributed by atoms with Crippen molar-refractivity contribution in [2.45, 2.75) is 51.8 Å². The fourth-order valence-corrected chi connectivity index (χ4v) is 2.50. The van der Waals surface area contributed by atoms with Crippen molar-refractivity contribution in [3.63, 3.8) is 0 Å². The maximum absolute atomic E-state index is 12.2. The third kappa shape index (κ3) is 4.76. The summed E-state index contributed by atoms with van der Waals surface area (Å²) in [7, 11) is 0. The second-order valence-electron chi connectivity index (χ2n) is 6.59. The lowest BCUT2D eigenvalue weighted by atomic mass is 10.2. The van der Waals surface area contributed by atoms with E-state index in [9.17, 15) is 10.0 Å². The molecule has 1 aliphatic heterocycles. The van der Waals surface area contributed by atoms with Crippen LogP contribution in [-0.4, -0.2) is 40.1 Å². The molecule has 0 saturated carbocycles. The van der Waals surface area contributed by atoms with E-state index in [2.05, 4.69) is 0 Å². The summed E-state index contributed by atoms with van der Waals surface area (Å²) < 4.78 is 6.30. The Labute approximate surface area is 131 Å². The minimum Gasteiger partial charge on any atom is -0.624 e. The van der Waals surface area contributed by atoms with Crippen LogP contribution in [0.2, 0.25) is 0 Å². The lowest BCUT2D eigenvalue weighted by Crippen LogP contribution is -2.41. The second-order valence-corrected chi connectivity index (χ2v) is 6.59. The molecular weight excluding hydrogens is 280 g/mol. The second kappa shape index (κ2) is 6.81. The van der Waals surface area contributed by atoms with E-state index >= 15 is 0 Å². The van der Waals surface area contributed by atoms with Crippen molar-refractivity contribution in [3.05, 3.63) is 41.1 Å². The van der Waals surface area contributed by atoms with Gasteiger partial charge in [0.2, 0.25) is 0 Å². The number of nitrogens with zero attached hydrogens (tertiary/aromatic N) is 2. The van der Waals surface area contributed by atoms with Gasteiger partial charge in [-0.05, 0) is 33.6 Å². The van der Waals surface area contributed by atoms with Gasteiger partial charge >= 0.3 is 6.09 Å². The summed E-state index contributed by atoms with van der Waals surface area (Å²) >= 11 is 0. The number of rotatable bonds is 3. The molecular formula is C17H24N2O3. The molecule has 22 heavy (non-hydrogen) atoms. The highest BCUT2D eigenvalue weighted by Gasteiger charge is 2.33. The van der Waals surface area contributed by atoms with Gasteiger partial charge in [-0.2, -0.15) is 0 Å². The molecule has 120 valence electrons. The lowest BCUT2D eigenvalue weighted by molar-refractivity contribution is -0.472. The third-order valence-electron chi connectivity index (χ3n) is 3.45. The molecule has 1 fully saturated rings. The first-order chi connectivity index (χ1) is 10.3. The highest BCUT2D eigenvalue weighted by Crippen LogP contribution is 2.19. The van der Waals surface area contributed by atoms with E-state index in [1.807, 2.05) is 51.1 Å². The number of carbonyl (C=O) groups is 1. The molecule has 0 unspecified atom stereocenters. The van der Waals surface area contributed by atoms with Crippen molar-refractivity contribution in [3.8, 4) is 0 Å². The van der Waals surface area contributed by atoms with Crippen molar-refractivity contribution < 1.29 is 14.3 Å². The Hall–Kier alpha value is -2.04. The molecule has 1 heterocycles. The number of likely N-dealkylation sites (tertiary alicyclic amines) is 1. The van der Waals surface area contributed by atoms with E-state index in [0.717, 1.165) is 23.1 Å². The summed E-state index contributed by atoms with van der Waals surface area (Å²) in [4.78, 5) is 13.8. The standard InChI is InChI=1S/C17H24N2O3/c1-17(2,3)22-16(20)19-11-7-10-15(19)13-18(21)12-14-8-5-4-6-9-14/h4-6,8-9,13,15H,7,10-12H2,1-3H3/b18-13-/t15-/m0/s1. The summed E-state index contributed by atoms with van der Waals surface area (Å²) in [5.74, 6) is 0. The van der Waals surface area contributed by atoms with Gasteiger partial charge in [-0.25, -0.2) is 9.53 Å². The van der Waals surface area contributed by atoms with Crippen molar-refractivity contribution in [1.82, 2.24) is 4.90 Å². The van der Waals surface area contributed by atoms with Gasteiger partial charge in [-0.15, -0.1) is 0 Å². The summed E-state index contributed by atoms with van der Waals surface area (Å²) in [6, 6.07) is 9.38. The lowest BCUT2D eigenvalue weighted by Gasteiger charge is -2.26. The Balaban J connectivity index is 2.01. The van der Waals surface area contributed by atoms with Crippen LogP contribution >= 0.6 is 0 Å². The molecule has 5 nitrogen and oxygen atoms in total. The average Bonchev–Trinajstić information content (AvgIpc) is 2.86. The summed E-state index contributed by atoms with van der Waals surface area (Å²) in [5, 5.41) is 12.1. The van der Waals surface area contributed by atoms with Crippen molar-refractivity contribution >= 4 is 12.3 Å². The molecule has 1 aromatic rings. The number of carbonyl (C=O) groups excluding carboxylic acids is 1. The molecule has 1 amide bonds. The van der Waals surface area contributed by atoms with E-state index in [0.29, 0.717) is 13.1 Å². The number of hydrogen-bond acceptors (Lipinski definition) is 3. The molecule has 1 aliphatic rings. The molecule has 1 aromatic carbocycles. The zero-order valence-corrected chi connectivity index (χ0v) is 13.5. The van der Waals surface area contributed by atoms with Crippen molar-refractivity contribution in [2.24, 2.45) is 0 Å². The largest absolute Gasteiger partial charge is 0.624 e. The van der Waals surface area contributed by atoms with Crippen LogP contribution in [-0.2, 0) is 11.3 Å². The monoisotopic (exact) mass is 304 g/mol. The first-order valence-corrected chi connectivity index (χ1v) is 7.67. The van der Waals surface area contributed by atoms with Crippen LogP contribution in [0, 0.1) is 5.21 Å². The first-order valence-electron chi connectivity index (χ1n) is 7.67. The summed E-state index contributed by atoms with van der Waals surface area (Å²) in [6.07, 6.45) is 2.93. The Kier molecular flexibility index (Phi) is 5.06. The molecule has 0 N–H and O–H groups in total. The van der Waals surface area contributed by atoms with E-state index in [-0.39, 0.29) is 12.1 Å². The Morgan fingerprint density at radius 1 is 1.41 bits per heavy atom. The van der Waals surface area contributed by atoms with Crippen LogP contribution in [0.4, 0.5) is 4.79 Å². The van der Waals surface area contributed by atoms with Crippen LogP contribution in [0.1, 0.15) is 39.2 Å². The normalized spacial score (nSPS) is 19.3. The van der Waals surface area contributed by atoms with E-state index in [4.69, 9.17) is 4.74 Å². The Morgan fingerprint density at radius 3 is 2.73 bits per heavy atom. The van der Waals surface area contributed by atoms with Gasteiger partial charge in [0.15, 0.2) is 12.8 Å². The molecule has 2 rings (SSSR count). The van der Waals surface area contributed by atoms with Gasteiger partial charge in [0.25, 0.3) is 0 Å². The Bertz CT molecular complexity index is 535. The van der Waals surface area contributed by atoms with Crippen molar-refractivity contribution in [2.75, 3.05) is 6.54 Å². The van der Waals surface area contributed by atoms with Gasteiger partial charge in [-0.3, -0.25) is 4.90 Å². The van der Waals surface area contributed by atoms with Crippen LogP contribution in [0.25, 0.3) is 0 Å². The predicted molar refractivity (Wildman–Crippen MR) is 85.8 cm³/mol. The number of hydroxylamine groups is 1. The molecule has 5 heteroatoms. The number of benzene rings is 1. The van der Waals surface area contributed by atoms with Gasteiger partial charge in [0.1, 0.15) is 11.6 Å². The first kappa shape index (κ1) is 16.3. The van der Waals surface area contributed by atoms with Crippen LogP contribution in [0.3, 0.4) is 0 Å². The highest BCUT2D eigenvalue weighted by molar-refractivity contribution is 5.74. The summed E-state index contributed by atoms with van der Waals surface area (Å²) in [6.45, 7) is 6.45. The number of hydrogen-bond donors (Lipinski definition) is 0. The van der Waals surface area contributed by atoms with E-state index in [1.54, 1.807) is 11.1 Å². The minimum atomic E-state index is -0.522. The maximum Gasteiger partial charge on any atom is 0.410 e. The van der Waals surface area contributed by atoms with Gasteiger partial charge < -0.3 is 9.94 Å². The third-order valence-corrected chi connectivity index (χ3v) is 3.45. The van der Waals surface area contributed by atoms with E-state index in [1.165, 1.54) is 0 Å². The van der Waals surface area contributed by atoms with Crippen molar-refractivity contribution in [1.29, 1.82) is 0 Å². The SMILES string of the molecule is CC(C)(C)OC(=O)N1CCC[C@H]1/C=[N+](\[O-])Cc1ccccc1. The zero-order valence-electron chi connectivity index (χ0n) is 13.5. The van der Waals surface area contributed by atoms with Crippen LogP contribution in [0.5, 0.6) is 0 Å². The zero-order chi connectivity index (χ0) is 16.2. The molecule has 0 spiro atoms. The van der Waals surface area contributed by atoms with Gasteiger partial charge in [0.05, 0.1) is 0 Å². The topological polar surface area (TPSA) is 55.6 Å². The van der Waals surface area contributed by atoms with Crippen LogP contribution in [0.15, 0.2) is 30.3 Å². The van der Waals surface area contributed by atoms with Gasteiger partial charge in [0, 0.05) is 12.1 Å². The maximum atomic E-state index is 12.2. The molecule has 0 aliphatic carbocycles. The highest BCUT2D eigenvalue weighted by atomic mass is 16.6. The Morgan fingerprint density at radius 2 is 2.09 bits per heavy atom.